The van der Waals surface area contributed by atoms with E-state index in [4.69, 9.17) is 0 Å². The summed E-state index contributed by atoms with van der Waals surface area (Å²) in [7, 11) is 0. The van der Waals surface area contributed by atoms with Gasteiger partial charge in [-0.05, 0) is 54.4 Å². The zero-order valence-corrected chi connectivity index (χ0v) is 14.5. The average Bonchev–Trinajstić information content (AvgIpc) is 2.98. The number of nitrogens with one attached hydrogen (secondary N) is 1. The second-order valence-electron chi connectivity index (χ2n) is 6.20. The molecule has 0 saturated carbocycles. The SMILES string of the molecule is CCc1ccc(/C=N\NC(=O)c2cc3c(s2)CC[C@H](C)C3)cc1. The Morgan fingerprint density at radius 2 is 2.17 bits per heavy atom. The molecular weight excluding hydrogens is 304 g/mol. The highest BCUT2D eigenvalue weighted by molar-refractivity contribution is 7.14. The van der Waals surface area contributed by atoms with E-state index in [9.17, 15) is 4.79 Å². The summed E-state index contributed by atoms with van der Waals surface area (Å²) >= 11 is 1.61. The van der Waals surface area contributed by atoms with Crippen molar-refractivity contribution in [2.45, 2.75) is 39.5 Å². The van der Waals surface area contributed by atoms with Crippen LogP contribution < -0.4 is 5.43 Å². The highest BCUT2D eigenvalue weighted by Gasteiger charge is 2.20. The van der Waals surface area contributed by atoms with Crippen molar-refractivity contribution in [2.24, 2.45) is 11.0 Å². The van der Waals surface area contributed by atoms with E-state index in [-0.39, 0.29) is 5.91 Å². The van der Waals surface area contributed by atoms with E-state index >= 15 is 0 Å². The van der Waals surface area contributed by atoms with E-state index in [0.717, 1.165) is 35.6 Å². The Morgan fingerprint density at radius 1 is 1.39 bits per heavy atom. The Labute approximate surface area is 141 Å². The standard InChI is InChI=1S/C19H22N2OS/c1-3-14-5-7-15(8-6-14)12-20-21-19(22)18-11-16-10-13(2)4-9-17(16)23-18/h5-8,11-13H,3-4,9-10H2,1-2H3,(H,21,22)/b20-12-/t13-/m0/s1. The fraction of sp³-hybridized carbons (Fsp3) is 0.368. The first-order valence-electron chi connectivity index (χ1n) is 8.19. The van der Waals surface area contributed by atoms with E-state index in [2.05, 4.69) is 36.5 Å². The number of rotatable bonds is 4. The smallest absolute Gasteiger partial charge is 0.266 e. The average molecular weight is 326 g/mol. The Bertz CT molecular complexity index is 715. The molecule has 1 aromatic carbocycles. The van der Waals surface area contributed by atoms with Crippen LogP contribution in [-0.2, 0) is 19.3 Å². The van der Waals surface area contributed by atoms with Crippen molar-refractivity contribution in [3.05, 3.63) is 56.8 Å². The van der Waals surface area contributed by atoms with Crippen molar-refractivity contribution < 1.29 is 4.79 Å². The van der Waals surface area contributed by atoms with Crippen LogP contribution in [0.25, 0.3) is 0 Å². The van der Waals surface area contributed by atoms with Crippen LogP contribution in [0.4, 0.5) is 0 Å². The van der Waals surface area contributed by atoms with E-state index in [1.165, 1.54) is 22.4 Å². The summed E-state index contributed by atoms with van der Waals surface area (Å²) in [6, 6.07) is 10.2. The number of nitrogens with zero attached hydrogens (tertiary/aromatic N) is 1. The maximum absolute atomic E-state index is 12.2. The summed E-state index contributed by atoms with van der Waals surface area (Å²) in [4.78, 5) is 14.4. The molecular formula is C19H22N2OS. The van der Waals surface area contributed by atoms with Crippen LogP contribution >= 0.6 is 11.3 Å². The van der Waals surface area contributed by atoms with Crippen molar-refractivity contribution in [1.82, 2.24) is 5.43 Å². The molecule has 23 heavy (non-hydrogen) atoms. The molecule has 1 aliphatic rings. The van der Waals surface area contributed by atoms with Gasteiger partial charge >= 0.3 is 0 Å². The first kappa shape index (κ1) is 15.9. The zero-order chi connectivity index (χ0) is 16.2. The lowest BCUT2D eigenvalue weighted by molar-refractivity contribution is 0.0959. The predicted octanol–water partition coefficient (Wildman–Crippen LogP) is 4.20. The molecule has 3 rings (SSSR count). The number of benzene rings is 1. The van der Waals surface area contributed by atoms with E-state index < -0.39 is 0 Å². The number of carbonyl (C=O) groups excluding carboxylic acids is 1. The molecule has 2 aromatic rings. The van der Waals surface area contributed by atoms with E-state index in [1.807, 2.05) is 18.2 Å². The summed E-state index contributed by atoms with van der Waals surface area (Å²) in [6.45, 7) is 4.40. The molecule has 1 atom stereocenters. The third kappa shape index (κ3) is 3.88. The van der Waals surface area contributed by atoms with E-state index in [0.29, 0.717) is 0 Å². The van der Waals surface area contributed by atoms with Crippen LogP contribution in [0.15, 0.2) is 35.4 Å². The van der Waals surface area contributed by atoms with Crippen LogP contribution in [0.3, 0.4) is 0 Å². The van der Waals surface area contributed by atoms with Gasteiger partial charge in [0.15, 0.2) is 0 Å². The molecule has 0 spiro atoms. The second-order valence-corrected chi connectivity index (χ2v) is 7.34. The molecule has 0 radical (unpaired) electrons. The third-order valence-electron chi connectivity index (χ3n) is 4.32. The van der Waals surface area contributed by atoms with Gasteiger partial charge in [0.05, 0.1) is 11.1 Å². The predicted molar refractivity (Wildman–Crippen MR) is 96.4 cm³/mol. The second kappa shape index (κ2) is 7.09. The van der Waals surface area contributed by atoms with Crippen molar-refractivity contribution in [2.75, 3.05) is 0 Å². The van der Waals surface area contributed by atoms with Crippen molar-refractivity contribution in [1.29, 1.82) is 0 Å². The van der Waals surface area contributed by atoms with Gasteiger partial charge in [-0.2, -0.15) is 5.10 Å². The highest BCUT2D eigenvalue weighted by atomic mass is 32.1. The summed E-state index contributed by atoms with van der Waals surface area (Å²) in [5, 5.41) is 4.08. The van der Waals surface area contributed by atoms with Gasteiger partial charge in [-0.3, -0.25) is 4.79 Å². The zero-order valence-electron chi connectivity index (χ0n) is 13.6. The number of carbonyl (C=O) groups is 1. The number of fused-ring (bicyclic) bond motifs is 1. The lowest BCUT2D eigenvalue weighted by atomic mass is 9.90. The van der Waals surface area contributed by atoms with Crippen LogP contribution in [-0.4, -0.2) is 12.1 Å². The van der Waals surface area contributed by atoms with Gasteiger partial charge in [0.25, 0.3) is 5.91 Å². The van der Waals surface area contributed by atoms with Gasteiger partial charge < -0.3 is 0 Å². The fourth-order valence-electron chi connectivity index (χ4n) is 2.88. The Hall–Kier alpha value is -1.94. The first-order chi connectivity index (χ1) is 11.2. The number of hydrogen-bond acceptors (Lipinski definition) is 3. The van der Waals surface area contributed by atoms with Gasteiger partial charge in [0, 0.05) is 4.88 Å². The van der Waals surface area contributed by atoms with Crippen LogP contribution in [0.1, 0.15) is 51.5 Å². The summed E-state index contributed by atoms with van der Waals surface area (Å²) < 4.78 is 0. The monoisotopic (exact) mass is 326 g/mol. The molecule has 4 heteroatoms. The summed E-state index contributed by atoms with van der Waals surface area (Å²) in [5.41, 5.74) is 6.27. The number of hydrazone groups is 1. The maximum Gasteiger partial charge on any atom is 0.281 e. The number of aryl methyl sites for hydroxylation is 2. The quantitative estimate of drug-likeness (QED) is 0.664. The van der Waals surface area contributed by atoms with Crippen LogP contribution in [0.5, 0.6) is 0 Å². The summed E-state index contributed by atoms with van der Waals surface area (Å²) in [6.07, 6.45) is 6.12. The molecule has 0 unspecified atom stereocenters. The van der Waals surface area contributed by atoms with Gasteiger partial charge in [-0.25, -0.2) is 5.43 Å². The third-order valence-corrected chi connectivity index (χ3v) is 5.56. The normalized spacial score (nSPS) is 17.2. The number of thiophene rings is 1. The van der Waals surface area contributed by atoms with Crippen molar-refractivity contribution in [3.8, 4) is 0 Å². The molecule has 0 bridgehead atoms. The molecule has 1 aliphatic carbocycles. The topological polar surface area (TPSA) is 41.5 Å². The van der Waals surface area contributed by atoms with Gasteiger partial charge in [-0.1, -0.05) is 38.1 Å². The van der Waals surface area contributed by atoms with Gasteiger partial charge in [0.1, 0.15) is 0 Å². The minimum atomic E-state index is -0.113. The highest BCUT2D eigenvalue weighted by Crippen LogP contribution is 2.32. The molecule has 0 saturated heterocycles. The van der Waals surface area contributed by atoms with Crippen LogP contribution in [0, 0.1) is 5.92 Å². The molecule has 1 N–H and O–H groups in total. The molecule has 1 amide bonds. The molecule has 1 aromatic heterocycles. The largest absolute Gasteiger partial charge is 0.281 e. The van der Waals surface area contributed by atoms with Gasteiger partial charge in [0.2, 0.25) is 0 Å². The maximum atomic E-state index is 12.2. The van der Waals surface area contributed by atoms with Crippen molar-refractivity contribution >= 4 is 23.5 Å². The molecule has 3 nitrogen and oxygen atoms in total. The molecule has 0 fully saturated rings. The Morgan fingerprint density at radius 3 is 2.91 bits per heavy atom. The minimum Gasteiger partial charge on any atom is -0.266 e. The molecule has 120 valence electrons. The number of amides is 1. The first-order valence-corrected chi connectivity index (χ1v) is 9.01. The summed E-state index contributed by atoms with van der Waals surface area (Å²) in [5.74, 6) is 0.607. The van der Waals surface area contributed by atoms with Gasteiger partial charge in [-0.15, -0.1) is 11.3 Å². The molecule has 0 aliphatic heterocycles. The van der Waals surface area contributed by atoms with Crippen LogP contribution in [0.2, 0.25) is 0 Å². The lowest BCUT2D eigenvalue weighted by Crippen LogP contribution is -2.16. The minimum absolute atomic E-state index is 0.113. The molecule has 1 heterocycles. The lowest BCUT2D eigenvalue weighted by Gasteiger charge is -2.16. The Balaban J connectivity index is 1.61. The van der Waals surface area contributed by atoms with Crippen molar-refractivity contribution in [3.63, 3.8) is 0 Å². The number of hydrogen-bond donors (Lipinski definition) is 1. The van der Waals surface area contributed by atoms with E-state index in [1.54, 1.807) is 17.6 Å². The Kier molecular flexibility index (Phi) is 4.91. The fourth-order valence-corrected chi connectivity index (χ4v) is 3.98.